The van der Waals surface area contributed by atoms with Crippen molar-refractivity contribution in [3.8, 4) is 0 Å². The first kappa shape index (κ1) is 14.4. The van der Waals surface area contributed by atoms with Gasteiger partial charge < -0.3 is 9.59 Å². The highest BCUT2D eigenvalue weighted by atomic mass is 28.4. The molecule has 0 aromatic carbocycles. The van der Waals surface area contributed by atoms with Gasteiger partial charge in [0.05, 0.1) is 0 Å². The van der Waals surface area contributed by atoms with Gasteiger partial charge in [0.15, 0.2) is 0 Å². The minimum atomic E-state index is -4.25. The second kappa shape index (κ2) is 5.48. The van der Waals surface area contributed by atoms with Crippen molar-refractivity contribution in [1.82, 2.24) is 0 Å². The monoisotopic (exact) mass is 258 g/mol. The average molecular weight is 258 g/mol. The Morgan fingerprint density at radius 1 is 0.929 bits per heavy atom. The molecule has 0 fully saturated rings. The Morgan fingerprint density at radius 3 is 1.79 bits per heavy atom. The fourth-order valence-electron chi connectivity index (χ4n) is 0.352. The molecule has 0 saturated heterocycles. The fourth-order valence-corrected chi connectivity index (χ4v) is 3.09. The normalized spacial score (nSPS) is 13.7. The zero-order valence-electron chi connectivity index (χ0n) is 9.10. The summed E-state index contributed by atoms with van der Waals surface area (Å²) in [7, 11) is -7.67. The van der Waals surface area contributed by atoms with E-state index in [1.165, 1.54) is 0 Å². The Bertz CT molecular complexity index is 167. The molecule has 0 bridgehead atoms. The minimum absolute atomic E-state index is 1.47. The van der Waals surface area contributed by atoms with Crippen LogP contribution in [0.1, 0.15) is 0 Å². The van der Waals surface area contributed by atoms with Gasteiger partial charge in [0.25, 0.3) is 0 Å². The lowest BCUT2D eigenvalue weighted by Gasteiger charge is -2.21. The summed E-state index contributed by atoms with van der Waals surface area (Å²) in [6, 6.07) is 0. The molecule has 6 nitrogen and oxygen atoms in total. The third-order valence-corrected chi connectivity index (χ3v) is 2.79. The maximum Gasteiger partial charge on any atom is 0.728 e. The molecule has 0 aromatic rings. The SMILES string of the molecule is C[SiH](C)OO[Si](O)(O)OO[Si](C)(C)C. The highest BCUT2D eigenvalue weighted by Crippen LogP contribution is 2.08. The number of rotatable bonds is 6. The maximum atomic E-state index is 9.17. The topological polar surface area (TPSA) is 77.4 Å². The Kier molecular flexibility index (Phi) is 5.64. The minimum Gasteiger partial charge on any atom is -0.365 e. The van der Waals surface area contributed by atoms with Crippen molar-refractivity contribution < 1.29 is 27.9 Å². The summed E-state index contributed by atoms with van der Waals surface area (Å²) in [5, 5.41) is 0. The molecule has 0 saturated carbocycles. The molecule has 2 N–H and O–H groups in total. The van der Waals surface area contributed by atoms with Gasteiger partial charge in [-0.3, -0.25) is 9.15 Å². The highest BCUT2D eigenvalue weighted by molar-refractivity contribution is 6.69. The van der Waals surface area contributed by atoms with E-state index in [-0.39, 0.29) is 0 Å². The third kappa shape index (κ3) is 8.98. The van der Waals surface area contributed by atoms with Gasteiger partial charge in [-0.1, -0.05) is 0 Å². The molecule has 0 amide bonds. The molecule has 0 spiro atoms. The van der Waals surface area contributed by atoms with Gasteiger partial charge in [-0.15, -0.1) is 0 Å². The Balaban J connectivity index is 3.83. The van der Waals surface area contributed by atoms with Crippen molar-refractivity contribution in [2.24, 2.45) is 0 Å². The van der Waals surface area contributed by atoms with Gasteiger partial charge in [-0.05, 0) is 32.7 Å². The molecule has 0 aliphatic heterocycles. The molecule has 0 radical (unpaired) electrons. The summed E-state index contributed by atoms with van der Waals surface area (Å²) >= 11 is 0. The van der Waals surface area contributed by atoms with E-state index in [4.69, 9.17) is 4.58 Å². The smallest absolute Gasteiger partial charge is 0.365 e. The molecule has 0 rings (SSSR count). The zero-order chi connectivity index (χ0) is 11.4. The summed E-state index contributed by atoms with van der Waals surface area (Å²) < 4.78 is 18.3. The second-order valence-electron chi connectivity index (χ2n) is 4.06. The van der Waals surface area contributed by atoms with Gasteiger partial charge in [0.2, 0.25) is 17.4 Å². The highest BCUT2D eigenvalue weighted by Gasteiger charge is 2.42. The molecule has 0 aliphatic carbocycles. The van der Waals surface area contributed by atoms with Crippen LogP contribution in [0.25, 0.3) is 0 Å². The molecule has 0 atom stereocenters. The Hall–Kier alpha value is 0.411. The lowest BCUT2D eigenvalue weighted by molar-refractivity contribution is -0.261. The summed E-state index contributed by atoms with van der Waals surface area (Å²) in [5.74, 6) is 0. The van der Waals surface area contributed by atoms with Crippen LogP contribution in [0.2, 0.25) is 32.7 Å². The van der Waals surface area contributed by atoms with Crippen LogP contribution >= 0.6 is 0 Å². The van der Waals surface area contributed by atoms with Gasteiger partial charge in [-0.2, -0.15) is 0 Å². The standard InChI is InChI=1S/C5H18O6Si3/c1-12(2)8-9-14(6,7)11-10-13(3,4)5/h6-7,12H,1-5H3. The molecule has 14 heavy (non-hydrogen) atoms. The lowest BCUT2D eigenvalue weighted by Crippen LogP contribution is -2.46. The first-order chi connectivity index (χ1) is 6.12. The van der Waals surface area contributed by atoms with Crippen LogP contribution < -0.4 is 0 Å². The Morgan fingerprint density at radius 2 is 1.43 bits per heavy atom. The molecular formula is C5H18O6Si3. The summed E-state index contributed by atoms with van der Waals surface area (Å²) in [6.45, 7) is 9.17. The Labute approximate surface area is 87.6 Å². The third-order valence-electron chi connectivity index (χ3n) is 0.749. The quantitative estimate of drug-likeness (QED) is 0.400. The molecule has 0 unspecified atom stereocenters. The fraction of sp³-hybridized carbons (Fsp3) is 1.00. The van der Waals surface area contributed by atoms with Crippen LogP contribution in [-0.2, 0) is 18.3 Å². The van der Waals surface area contributed by atoms with E-state index in [2.05, 4.69) is 13.7 Å². The van der Waals surface area contributed by atoms with Crippen LogP contribution in [0.3, 0.4) is 0 Å². The predicted octanol–water partition coefficient (Wildman–Crippen LogP) is 0.121. The van der Waals surface area contributed by atoms with Gasteiger partial charge in [0, 0.05) is 0 Å². The second-order valence-corrected chi connectivity index (χ2v) is 12.2. The number of hydrogen-bond acceptors (Lipinski definition) is 6. The van der Waals surface area contributed by atoms with Crippen molar-refractivity contribution in [2.75, 3.05) is 0 Å². The predicted molar refractivity (Wildman–Crippen MR) is 56.8 cm³/mol. The summed E-state index contributed by atoms with van der Waals surface area (Å²) in [6.07, 6.45) is 0. The molecule has 86 valence electrons. The van der Waals surface area contributed by atoms with Gasteiger partial charge in [-0.25, -0.2) is 9.15 Å². The van der Waals surface area contributed by atoms with E-state index < -0.39 is 26.4 Å². The average Bonchev–Trinajstić information content (AvgIpc) is 1.97. The summed E-state index contributed by atoms with van der Waals surface area (Å²) in [4.78, 5) is 18.3. The first-order valence-electron chi connectivity index (χ1n) is 4.28. The van der Waals surface area contributed by atoms with E-state index >= 15 is 0 Å². The largest absolute Gasteiger partial charge is 0.728 e. The van der Waals surface area contributed by atoms with E-state index in [9.17, 15) is 9.59 Å². The van der Waals surface area contributed by atoms with E-state index in [0.29, 0.717) is 0 Å². The summed E-state index contributed by atoms with van der Waals surface area (Å²) in [5.41, 5.74) is 0. The molecule has 0 heterocycles. The van der Waals surface area contributed by atoms with Crippen molar-refractivity contribution in [3.63, 3.8) is 0 Å². The van der Waals surface area contributed by atoms with Crippen molar-refractivity contribution >= 4 is 26.4 Å². The van der Waals surface area contributed by atoms with Gasteiger partial charge in [0.1, 0.15) is 0 Å². The van der Waals surface area contributed by atoms with Crippen LogP contribution in [0, 0.1) is 0 Å². The van der Waals surface area contributed by atoms with Crippen LogP contribution in [0.5, 0.6) is 0 Å². The van der Waals surface area contributed by atoms with Gasteiger partial charge >= 0.3 is 9.05 Å². The van der Waals surface area contributed by atoms with Crippen LogP contribution in [0.15, 0.2) is 0 Å². The molecule has 9 heteroatoms. The van der Waals surface area contributed by atoms with Crippen molar-refractivity contribution in [2.45, 2.75) is 32.7 Å². The van der Waals surface area contributed by atoms with Crippen molar-refractivity contribution in [3.05, 3.63) is 0 Å². The maximum absolute atomic E-state index is 9.17. The van der Waals surface area contributed by atoms with Crippen LogP contribution in [0.4, 0.5) is 0 Å². The molecule has 0 aliphatic rings. The molecule has 0 aromatic heterocycles. The first-order valence-corrected chi connectivity index (χ1v) is 12.2. The lowest BCUT2D eigenvalue weighted by atomic mass is 11.8. The van der Waals surface area contributed by atoms with E-state index in [1.54, 1.807) is 0 Å². The number of hydrogen-bond donors (Lipinski definition) is 2. The van der Waals surface area contributed by atoms with Crippen molar-refractivity contribution in [1.29, 1.82) is 0 Å². The van der Waals surface area contributed by atoms with E-state index in [0.717, 1.165) is 0 Å². The van der Waals surface area contributed by atoms with E-state index in [1.807, 2.05) is 32.7 Å². The zero-order valence-corrected chi connectivity index (χ0v) is 12.3. The molecular weight excluding hydrogens is 240 g/mol. The van der Waals surface area contributed by atoms with Crippen LogP contribution in [-0.4, -0.2) is 36.0 Å².